The molecule has 0 radical (unpaired) electrons. The molecule has 18 heavy (non-hydrogen) atoms. The van der Waals surface area contributed by atoms with E-state index in [0.29, 0.717) is 5.41 Å². The molecule has 2 fully saturated rings. The lowest BCUT2D eigenvalue weighted by molar-refractivity contribution is -0.119. The topological polar surface area (TPSA) is 20.3 Å². The van der Waals surface area contributed by atoms with Gasteiger partial charge in [0.1, 0.15) is 6.29 Å². The fourth-order valence-corrected chi connectivity index (χ4v) is 3.65. The van der Waals surface area contributed by atoms with E-state index in [0.717, 1.165) is 19.4 Å². The molecule has 2 heteroatoms. The van der Waals surface area contributed by atoms with E-state index in [1.54, 1.807) is 0 Å². The summed E-state index contributed by atoms with van der Waals surface area (Å²) in [5, 5.41) is 0. The minimum atomic E-state index is -0.00721. The first-order valence-electron chi connectivity index (χ1n) is 7.74. The Kier molecular flexibility index (Phi) is 4.47. The smallest absolute Gasteiger partial charge is 0.127 e. The minimum absolute atomic E-state index is 0.00721. The number of carbonyl (C=O) groups is 1. The molecule has 0 aromatic heterocycles. The van der Waals surface area contributed by atoms with Crippen molar-refractivity contribution in [1.29, 1.82) is 0 Å². The Bertz CT molecular complexity index is 279. The van der Waals surface area contributed by atoms with Crippen LogP contribution in [0.1, 0.15) is 65.2 Å². The van der Waals surface area contributed by atoms with E-state index in [9.17, 15) is 4.79 Å². The number of nitrogens with zero attached hydrogens (tertiary/aromatic N) is 1. The Hall–Kier alpha value is -0.370. The summed E-state index contributed by atoms with van der Waals surface area (Å²) in [6, 6.07) is 0. The first-order valence-corrected chi connectivity index (χ1v) is 7.74. The Balaban J connectivity index is 1.93. The molecular weight excluding hydrogens is 222 g/mol. The maximum atomic E-state index is 11.5. The Labute approximate surface area is 112 Å². The largest absolute Gasteiger partial charge is 0.303 e. The highest BCUT2D eigenvalue weighted by molar-refractivity contribution is 5.60. The molecule has 0 atom stereocenters. The van der Waals surface area contributed by atoms with Gasteiger partial charge in [-0.25, -0.2) is 0 Å². The summed E-state index contributed by atoms with van der Waals surface area (Å²) < 4.78 is 0. The average Bonchev–Trinajstić information content (AvgIpc) is 2.52. The van der Waals surface area contributed by atoms with Crippen molar-refractivity contribution in [3.8, 4) is 0 Å². The first kappa shape index (κ1) is 14.0. The highest BCUT2D eigenvalue weighted by Gasteiger charge is 2.34. The molecule has 2 nitrogen and oxygen atoms in total. The van der Waals surface area contributed by atoms with Crippen molar-refractivity contribution < 1.29 is 4.79 Å². The van der Waals surface area contributed by atoms with Gasteiger partial charge in [-0.3, -0.25) is 0 Å². The lowest BCUT2D eigenvalue weighted by atomic mass is 9.75. The van der Waals surface area contributed by atoms with Gasteiger partial charge in [-0.2, -0.15) is 0 Å². The van der Waals surface area contributed by atoms with E-state index in [4.69, 9.17) is 0 Å². The fraction of sp³-hybridized carbons (Fsp3) is 0.938. The number of hydrogen-bond donors (Lipinski definition) is 0. The van der Waals surface area contributed by atoms with Crippen LogP contribution >= 0.6 is 0 Å². The number of aldehydes is 1. The van der Waals surface area contributed by atoms with Gasteiger partial charge in [-0.05, 0) is 50.6 Å². The molecule has 0 spiro atoms. The number of likely N-dealkylation sites (tertiary alicyclic amines) is 1. The molecule has 0 amide bonds. The van der Waals surface area contributed by atoms with Crippen molar-refractivity contribution in [2.45, 2.75) is 65.2 Å². The van der Waals surface area contributed by atoms with Crippen LogP contribution in [0.15, 0.2) is 0 Å². The maximum absolute atomic E-state index is 11.5. The van der Waals surface area contributed by atoms with Crippen LogP contribution in [0.2, 0.25) is 0 Å². The van der Waals surface area contributed by atoms with Gasteiger partial charge in [0.15, 0.2) is 0 Å². The normalized spacial score (nSPS) is 28.6. The lowest BCUT2D eigenvalue weighted by Gasteiger charge is -2.36. The maximum Gasteiger partial charge on any atom is 0.127 e. The number of rotatable bonds is 3. The zero-order chi connectivity index (χ0) is 13.1. The summed E-state index contributed by atoms with van der Waals surface area (Å²) in [6.45, 7) is 8.16. The van der Waals surface area contributed by atoms with Gasteiger partial charge < -0.3 is 9.69 Å². The Morgan fingerprint density at radius 2 is 1.67 bits per heavy atom. The van der Waals surface area contributed by atoms with Crippen molar-refractivity contribution in [3.05, 3.63) is 0 Å². The molecule has 0 aromatic rings. The second-order valence-electron chi connectivity index (χ2n) is 7.33. The van der Waals surface area contributed by atoms with E-state index < -0.39 is 0 Å². The van der Waals surface area contributed by atoms with Crippen molar-refractivity contribution in [2.75, 3.05) is 19.6 Å². The molecule has 1 saturated carbocycles. The van der Waals surface area contributed by atoms with Gasteiger partial charge in [0.25, 0.3) is 0 Å². The second-order valence-corrected chi connectivity index (χ2v) is 7.33. The van der Waals surface area contributed by atoms with Gasteiger partial charge >= 0.3 is 0 Å². The van der Waals surface area contributed by atoms with Crippen LogP contribution in [0.4, 0.5) is 0 Å². The van der Waals surface area contributed by atoms with Gasteiger partial charge in [0.2, 0.25) is 0 Å². The third kappa shape index (κ3) is 3.57. The van der Waals surface area contributed by atoms with E-state index >= 15 is 0 Å². The monoisotopic (exact) mass is 251 g/mol. The van der Waals surface area contributed by atoms with E-state index in [-0.39, 0.29) is 5.41 Å². The van der Waals surface area contributed by atoms with Gasteiger partial charge in [0, 0.05) is 12.0 Å². The zero-order valence-corrected chi connectivity index (χ0v) is 12.2. The van der Waals surface area contributed by atoms with Gasteiger partial charge in [0.05, 0.1) is 0 Å². The summed E-state index contributed by atoms with van der Waals surface area (Å²) in [4.78, 5) is 14.1. The predicted molar refractivity (Wildman–Crippen MR) is 75.7 cm³/mol. The summed E-state index contributed by atoms with van der Waals surface area (Å²) in [6.07, 6.45) is 11.2. The van der Waals surface area contributed by atoms with Crippen LogP contribution in [0, 0.1) is 10.8 Å². The molecule has 1 heterocycles. The fourth-order valence-electron chi connectivity index (χ4n) is 3.65. The van der Waals surface area contributed by atoms with E-state index in [1.807, 2.05) is 0 Å². The number of hydrogen-bond acceptors (Lipinski definition) is 2. The summed E-state index contributed by atoms with van der Waals surface area (Å²) in [7, 11) is 0. The SMILES string of the molecule is CC1(C)CCCN(CC2(C=O)CCCCC2)CC1. The van der Waals surface area contributed by atoms with Crippen LogP contribution in [0.5, 0.6) is 0 Å². The molecule has 0 unspecified atom stereocenters. The highest BCUT2D eigenvalue weighted by Crippen LogP contribution is 2.37. The van der Waals surface area contributed by atoms with Gasteiger partial charge in [-0.1, -0.05) is 33.1 Å². The van der Waals surface area contributed by atoms with Crippen LogP contribution in [-0.2, 0) is 4.79 Å². The van der Waals surface area contributed by atoms with E-state index in [2.05, 4.69) is 18.7 Å². The van der Waals surface area contributed by atoms with Crippen LogP contribution < -0.4 is 0 Å². The Morgan fingerprint density at radius 1 is 0.944 bits per heavy atom. The molecular formula is C16H29NO. The molecule has 2 aliphatic rings. The van der Waals surface area contributed by atoms with Crippen molar-refractivity contribution in [3.63, 3.8) is 0 Å². The summed E-state index contributed by atoms with van der Waals surface area (Å²) in [5.74, 6) is 0. The van der Waals surface area contributed by atoms with Crippen molar-refractivity contribution >= 4 is 6.29 Å². The molecule has 104 valence electrons. The molecule has 1 saturated heterocycles. The highest BCUT2D eigenvalue weighted by atomic mass is 16.1. The molecule has 1 aliphatic heterocycles. The van der Waals surface area contributed by atoms with Crippen molar-refractivity contribution in [1.82, 2.24) is 4.90 Å². The predicted octanol–water partition coefficient (Wildman–Crippen LogP) is 3.65. The Morgan fingerprint density at radius 3 is 2.33 bits per heavy atom. The molecule has 0 bridgehead atoms. The van der Waals surface area contributed by atoms with Crippen LogP contribution in [0.3, 0.4) is 0 Å². The van der Waals surface area contributed by atoms with Gasteiger partial charge in [-0.15, -0.1) is 0 Å². The van der Waals surface area contributed by atoms with E-state index in [1.165, 1.54) is 57.9 Å². The first-order chi connectivity index (χ1) is 8.55. The molecule has 2 rings (SSSR count). The number of carbonyl (C=O) groups excluding carboxylic acids is 1. The standard InChI is InChI=1S/C16H29NO/c1-15(2)7-6-11-17(12-10-15)13-16(14-18)8-4-3-5-9-16/h14H,3-13H2,1-2H3. The summed E-state index contributed by atoms with van der Waals surface area (Å²) in [5.41, 5.74) is 0.488. The minimum Gasteiger partial charge on any atom is -0.303 e. The molecule has 0 N–H and O–H groups in total. The summed E-state index contributed by atoms with van der Waals surface area (Å²) >= 11 is 0. The molecule has 0 aromatic carbocycles. The van der Waals surface area contributed by atoms with Crippen LogP contribution in [-0.4, -0.2) is 30.8 Å². The quantitative estimate of drug-likeness (QED) is 0.714. The zero-order valence-electron chi connectivity index (χ0n) is 12.2. The third-order valence-corrected chi connectivity index (χ3v) is 5.07. The third-order valence-electron chi connectivity index (χ3n) is 5.07. The van der Waals surface area contributed by atoms with Crippen LogP contribution in [0.25, 0.3) is 0 Å². The van der Waals surface area contributed by atoms with Crippen molar-refractivity contribution in [2.24, 2.45) is 10.8 Å². The lowest BCUT2D eigenvalue weighted by Crippen LogP contribution is -2.41. The average molecular weight is 251 g/mol. The second kappa shape index (κ2) is 5.73. The molecule has 1 aliphatic carbocycles.